The molecular formula is C14H16N2O2. The first-order chi connectivity index (χ1) is 8.74. The molecule has 4 heteroatoms. The van der Waals surface area contributed by atoms with E-state index >= 15 is 0 Å². The molecule has 18 heavy (non-hydrogen) atoms. The summed E-state index contributed by atoms with van der Waals surface area (Å²) in [4.78, 5) is 21.8. The Kier molecular flexibility index (Phi) is 3.77. The van der Waals surface area contributed by atoms with Gasteiger partial charge in [-0.15, -0.1) is 0 Å². The molecule has 0 aliphatic rings. The van der Waals surface area contributed by atoms with Crippen LogP contribution >= 0.6 is 0 Å². The Hall–Kier alpha value is -2.10. The maximum Gasteiger partial charge on any atom is 0.219 e. The van der Waals surface area contributed by atoms with Crippen LogP contribution in [0.3, 0.4) is 0 Å². The van der Waals surface area contributed by atoms with E-state index in [0.717, 1.165) is 30.2 Å². The van der Waals surface area contributed by atoms with Gasteiger partial charge in [-0.2, -0.15) is 0 Å². The molecule has 1 aromatic carbocycles. The number of nitrogens with one attached hydrogen (secondary N) is 1. The molecule has 4 nitrogen and oxygen atoms in total. The number of aryl methyl sites for hydroxylation is 1. The molecule has 0 aliphatic carbocycles. The molecule has 0 aliphatic heterocycles. The van der Waals surface area contributed by atoms with Gasteiger partial charge in [0.1, 0.15) is 6.29 Å². The number of amides is 1. The van der Waals surface area contributed by atoms with Crippen LogP contribution in [0.5, 0.6) is 0 Å². The van der Waals surface area contributed by atoms with Crippen LogP contribution in [-0.4, -0.2) is 23.8 Å². The second kappa shape index (κ2) is 5.49. The van der Waals surface area contributed by atoms with E-state index in [2.05, 4.69) is 9.88 Å². The van der Waals surface area contributed by atoms with E-state index < -0.39 is 0 Å². The van der Waals surface area contributed by atoms with Gasteiger partial charge in [0.2, 0.25) is 5.91 Å². The van der Waals surface area contributed by atoms with Crippen molar-refractivity contribution >= 4 is 23.1 Å². The predicted octanol–water partition coefficient (Wildman–Crippen LogP) is 1.98. The van der Waals surface area contributed by atoms with E-state index in [0.29, 0.717) is 12.0 Å². The number of nitrogens with zero attached hydrogens (tertiary/aromatic N) is 1. The molecule has 1 N–H and O–H groups in total. The Balaban J connectivity index is 2.10. The second-order valence-corrected chi connectivity index (χ2v) is 4.22. The number of aromatic nitrogens is 1. The molecule has 1 aromatic heterocycles. The zero-order chi connectivity index (χ0) is 13.0. The topological polar surface area (TPSA) is 51.1 Å². The molecule has 0 fully saturated rings. The van der Waals surface area contributed by atoms with Crippen LogP contribution < -0.4 is 5.32 Å². The van der Waals surface area contributed by atoms with Gasteiger partial charge in [-0.05, 0) is 30.7 Å². The summed E-state index contributed by atoms with van der Waals surface area (Å²) in [6, 6.07) is 7.61. The van der Waals surface area contributed by atoms with Gasteiger partial charge in [-0.25, -0.2) is 0 Å². The molecule has 1 heterocycles. The van der Waals surface area contributed by atoms with Crippen LogP contribution in [0.1, 0.15) is 23.2 Å². The smallest absolute Gasteiger partial charge is 0.219 e. The van der Waals surface area contributed by atoms with Gasteiger partial charge in [0.15, 0.2) is 0 Å². The third-order valence-electron chi connectivity index (χ3n) is 3.01. The lowest BCUT2D eigenvalue weighted by Crippen LogP contribution is -2.17. The molecule has 2 rings (SSSR count). The van der Waals surface area contributed by atoms with Gasteiger partial charge in [-0.1, -0.05) is 0 Å². The SMILES string of the molecule is CNC(=O)CCCn1ccc2cc(C=O)ccc21. The van der Waals surface area contributed by atoms with Gasteiger partial charge in [0, 0.05) is 42.7 Å². The van der Waals surface area contributed by atoms with Crippen LogP contribution in [0, 0.1) is 0 Å². The highest BCUT2D eigenvalue weighted by atomic mass is 16.1. The number of hydrogen-bond acceptors (Lipinski definition) is 2. The molecular weight excluding hydrogens is 228 g/mol. The first-order valence-corrected chi connectivity index (χ1v) is 5.99. The highest BCUT2D eigenvalue weighted by Gasteiger charge is 2.03. The van der Waals surface area contributed by atoms with Crippen molar-refractivity contribution in [3.8, 4) is 0 Å². The zero-order valence-corrected chi connectivity index (χ0v) is 10.3. The van der Waals surface area contributed by atoms with Crippen molar-refractivity contribution < 1.29 is 9.59 Å². The highest BCUT2D eigenvalue weighted by Crippen LogP contribution is 2.17. The first-order valence-electron chi connectivity index (χ1n) is 5.99. The number of rotatable bonds is 5. The number of carbonyl (C=O) groups excluding carboxylic acids is 2. The molecule has 0 radical (unpaired) electrons. The van der Waals surface area contributed by atoms with Crippen molar-refractivity contribution in [1.29, 1.82) is 0 Å². The van der Waals surface area contributed by atoms with Crippen LogP contribution in [0.25, 0.3) is 10.9 Å². The van der Waals surface area contributed by atoms with E-state index in [-0.39, 0.29) is 5.91 Å². The quantitative estimate of drug-likeness (QED) is 0.818. The normalized spacial score (nSPS) is 10.5. The molecule has 0 saturated heterocycles. The van der Waals surface area contributed by atoms with Gasteiger partial charge in [0.05, 0.1) is 0 Å². The van der Waals surface area contributed by atoms with E-state index in [4.69, 9.17) is 0 Å². The lowest BCUT2D eigenvalue weighted by molar-refractivity contribution is -0.120. The summed E-state index contributed by atoms with van der Waals surface area (Å²) in [5.41, 5.74) is 1.78. The lowest BCUT2D eigenvalue weighted by atomic mass is 10.2. The largest absolute Gasteiger partial charge is 0.359 e. The first kappa shape index (κ1) is 12.4. The molecule has 0 atom stereocenters. The molecule has 2 aromatic rings. The summed E-state index contributed by atoms with van der Waals surface area (Å²) < 4.78 is 2.10. The molecule has 1 amide bonds. The van der Waals surface area contributed by atoms with E-state index in [1.807, 2.05) is 30.5 Å². The van der Waals surface area contributed by atoms with Crippen molar-refractivity contribution in [3.63, 3.8) is 0 Å². The second-order valence-electron chi connectivity index (χ2n) is 4.22. The summed E-state index contributed by atoms with van der Waals surface area (Å²) in [7, 11) is 1.65. The predicted molar refractivity (Wildman–Crippen MR) is 70.6 cm³/mol. The Morgan fingerprint density at radius 2 is 2.22 bits per heavy atom. The maximum absolute atomic E-state index is 11.1. The van der Waals surface area contributed by atoms with Crippen molar-refractivity contribution in [1.82, 2.24) is 9.88 Å². The standard InChI is InChI=1S/C14H16N2O2/c1-15-14(18)3-2-7-16-8-6-12-9-11(10-17)4-5-13(12)16/h4-6,8-10H,2-3,7H2,1H3,(H,15,18). The molecule has 94 valence electrons. The van der Waals surface area contributed by atoms with E-state index in [1.165, 1.54) is 0 Å². The van der Waals surface area contributed by atoms with Crippen LogP contribution in [0.15, 0.2) is 30.5 Å². The zero-order valence-electron chi connectivity index (χ0n) is 10.3. The average molecular weight is 244 g/mol. The average Bonchev–Trinajstić information content (AvgIpc) is 2.81. The number of carbonyl (C=O) groups is 2. The third-order valence-corrected chi connectivity index (χ3v) is 3.01. The molecule has 0 saturated carbocycles. The number of fused-ring (bicyclic) bond motifs is 1. The lowest BCUT2D eigenvalue weighted by Gasteiger charge is -2.05. The van der Waals surface area contributed by atoms with Gasteiger partial charge in [0.25, 0.3) is 0 Å². The molecule has 0 bridgehead atoms. The summed E-state index contributed by atoms with van der Waals surface area (Å²) in [6.45, 7) is 0.803. The minimum Gasteiger partial charge on any atom is -0.359 e. The fraction of sp³-hybridized carbons (Fsp3) is 0.286. The summed E-state index contributed by atoms with van der Waals surface area (Å²) in [6.07, 6.45) is 4.17. The monoisotopic (exact) mass is 244 g/mol. The minimum atomic E-state index is 0.0645. The van der Waals surface area contributed by atoms with Crippen LogP contribution in [0.2, 0.25) is 0 Å². The highest BCUT2D eigenvalue weighted by molar-refractivity contribution is 5.87. The van der Waals surface area contributed by atoms with Crippen LogP contribution in [-0.2, 0) is 11.3 Å². The Morgan fingerprint density at radius 3 is 2.94 bits per heavy atom. The Labute approximate surface area is 106 Å². The minimum absolute atomic E-state index is 0.0645. The Bertz CT molecular complexity index is 572. The number of aldehydes is 1. The summed E-state index contributed by atoms with van der Waals surface area (Å²) in [5.74, 6) is 0.0645. The van der Waals surface area contributed by atoms with Crippen molar-refractivity contribution in [2.75, 3.05) is 7.05 Å². The van der Waals surface area contributed by atoms with Gasteiger partial charge < -0.3 is 9.88 Å². The summed E-state index contributed by atoms with van der Waals surface area (Å²) >= 11 is 0. The van der Waals surface area contributed by atoms with Crippen molar-refractivity contribution in [2.24, 2.45) is 0 Å². The van der Waals surface area contributed by atoms with E-state index in [9.17, 15) is 9.59 Å². The van der Waals surface area contributed by atoms with Gasteiger partial charge >= 0.3 is 0 Å². The molecule has 0 spiro atoms. The fourth-order valence-electron chi connectivity index (χ4n) is 2.02. The van der Waals surface area contributed by atoms with Crippen molar-refractivity contribution in [3.05, 3.63) is 36.0 Å². The maximum atomic E-state index is 11.1. The number of benzene rings is 1. The molecule has 0 unspecified atom stereocenters. The fourth-order valence-corrected chi connectivity index (χ4v) is 2.02. The van der Waals surface area contributed by atoms with Crippen molar-refractivity contribution in [2.45, 2.75) is 19.4 Å². The third kappa shape index (κ3) is 2.59. The Morgan fingerprint density at radius 1 is 1.39 bits per heavy atom. The van der Waals surface area contributed by atoms with Crippen LogP contribution in [0.4, 0.5) is 0 Å². The van der Waals surface area contributed by atoms with E-state index in [1.54, 1.807) is 7.05 Å². The summed E-state index contributed by atoms with van der Waals surface area (Å²) in [5, 5.41) is 3.67. The number of hydrogen-bond donors (Lipinski definition) is 1. The van der Waals surface area contributed by atoms with Gasteiger partial charge in [-0.3, -0.25) is 9.59 Å².